The lowest BCUT2D eigenvalue weighted by Crippen LogP contribution is -2.49. The largest absolute Gasteiger partial charge is 0.490 e. The van der Waals surface area contributed by atoms with Gasteiger partial charge in [-0.1, -0.05) is 18.2 Å². The first-order chi connectivity index (χ1) is 14.3. The fourth-order valence-electron chi connectivity index (χ4n) is 4.34. The average Bonchev–Trinajstić information content (AvgIpc) is 3.48. The van der Waals surface area contributed by atoms with E-state index in [1.165, 1.54) is 12.8 Å². The van der Waals surface area contributed by atoms with Gasteiger partial charge in [-0.2, -0.15) is 0 Å². The number of furan rings is 1. The fourth-order valence-corrected chi connectivity index (χ4v) is 4.34. The van der Waals surface area contributed by atoms with Crippen molar-refractivity contribution < 1.29 is 9.15 Å². The maximum absolute atomic E-state index is 6.13. The Labute approximate surface area is 173 Å². The molecule has 0 amide bonds. The minimum atomic E-state index is 0.253. The van der Waals surface area contributed by atoms with Crippen LogP contribution >= 0.6 is 0 Å². The molecule has 29 heavy (non-hydrogen) atoms. The second-order valence-corrected chi connectivity index (χ2v) is 7.82. The lowest BCUT2D eigenvalue weighted by molar-refractivity contribution is 0.129. The second kappa shape index (κ2) is 9.83. The SMILES string of the molecule is CN=C(NCC(c1ccco1)N1CCCC1)N1CCC(Oc2ccccc2)CC1. The second-order valence-electron chi connectivity index (χ2n) is 7.82. The molecule has 1 N–H and O–H groups in total. The van der Waals surface area contributed by atoms with Gasteiger partial charge in [0.2, 0.25) is 0 Å². The standard InChI is InChI=1S/C23H32N4O2/c1-24-23(25-18-21(22-10-7-17-28-22)26-13-5-6-14-26)27-15-11-20(12-16-27)29-19-8-3-2-4-9-19/h2-4,7-10,17,20-21H,5-6,11-16,18H2,1H3,(H,24,25). The molecule has 6 nitrogen and oxygen atoms in total. The van der Waals surface area contributed by atoms with Crippen molar-refractivity contribution in [2.24, 2.45) is 4.99 Å². The highest BCUT2D eigenvalue weighted by molar-refractivity contribution is 5.80. The van der Waals surface area contributed by atoms with Crippen molar-refractivity contribution in [3.8, 4) is 5.75 Å². The number of benzene rings is 1. The van der Waals surface area contributed by atoms with Gasteiger partial charge in [-0.05, 0) is 50.2 Å². The molecule has 3 heterocycles. The van der Waals surface area contributed by atoms with Crippen LogP contribution in [0.3, 0.4) is 0 Å². The Balaban J connectivity index is 1.30. The quantitative estimate of drug-likeness (QED) is 0.598. The maximum atomic E-state index is 6.13. The number of guanidine groups is 1. The molecule has 2 aromatic rings. The summed E-state index contributed by atoms with van der Waals surface area (Å²) in [4.78, 5) is 9.40. The number of para-hydroxylation sites is 1. The van der Waals surface area contributed by atoms with E-state index < -0.39 is 0 Å². The van der Waals surface area contributed by atoms with Gasteiger partial charge >= 0.3 is 0 Å². The first-order valence-electron chi connectivity index (χ1n) is 10.8. The highest BCUT2D eigenvalue weighted by Gasteiger charge is 2.27. The van der Waals surface area contributed by atoms with Crippen LogP contribution in [0, 0.1) is 0 Å². The van der Waals surface area contributed by atoms with Crippen molar-refractivity contribution in [1.82, 2.24) is 15.1 Å². The van der Waals surface area contributed by atoms with Crippen LogP contribution in [0.1, 0.15) is 37.5 Å². The summed E-state index contributed by atoms with van der Waals surface area (Å²) in [5.41, 5.74) is 0. The summed E-state index contributed by atoms with van der Waals surface area (Å²) in [6, 6.07) is 14.4. The molecule has 6 heteroatoms. The summed E-state index contributed by atoms with van der Waals surface area (Å²) in [5.74, 6) is 2.96. The van der Waals surface area contributed by atoms with E-state index in [4.69, 9.17) is 9.15 Å². The number of ether oxygens (including phenoxy) is 1. The summed E-state index contributed by atoms with van der Waals surface area (Å²) in [6.07, 6.45) is 6.58. The molecule has 156 valence electrons. The Morgan fingerprint density at radius 3 is 2.52 bits per heavy atom. The molecular weight excluding hydrogens is 364 g/mol. The number of aliphatic imine (C=N–C) groups is 1. The molecule has 0 bridgehead atoms. The van der Waals surface area contributed by atoms with Crippen LogP contribution in [-0.2, 0) is 0 Å². The van der Waals surface area contributed by atoms with Crippen molar-refractivity contribution in [1.29, 1.82) is 0 Å². The minimum absolute atomic E-state index is 0.253. The molecule has 2 aliphatic rings. The number of nitrogens with one attached hydrogen (secondary N) is 1. The molecule has 2 saturated heterocycles. The third-order valence-corrected chi connectivity index (χ3v) is 5.91. The number of piperidine rings is 1. The van der Waals surface area contributed by atoms with Crippen molar-refractivity contribution in [2.45, 2.75) is 37.8 Å². The van der Waals surface area contributed by atoms with Crippen LogP contribution in [0.15, 0.2) is 58.1 Å². The van der Waals surface area contributed by atoms with Gasteiger partial charge in [-0.3, -0.25) is 9.89 Å². The highest BCUT2D eigenvalue weighted by Crippen LogP contribution is 2.25. The number of hydrogen-bond donors (Lipinski definition) is 1. The minimum Gasteiger partial charge on any atom is -0.490 e. The predicted octanol–water partition coefficient (Wildman–Crippen LogP) is 3.54. The van der Waals surface area contributed by atoms with E-state index in [0.29, 0.717) is 0 Å². The summed E-state index contributed by atoms with van der Waals surface area (Å²) < 4.78 is 11.9. The Kier molecular flexibility index (Phi) is 6.72. The molecule has 2 fully saturated rings. The van der Waals surface area contributed by atoms with Gasteiger partial charge in [0.15, 0.2) is 5.96 Å². The summed E-state index contributed by atoms with van der Waals surface area (Å²) in [5, 5.41) is 3.60. The monoisotopic (exact) mass is 396 g/mol. The molecule has 2 aliphatic heterocycles. The normalized spacial score (nSPS) is 20.0. The molecule has 1 aromatic heterocycles. The zero-order valence-corrected chi connectivity index (χ0v) is 17.3. The van der Waals surface area contributed by atoms with E-state index in [1.807, 2.05) is 43.4 Å². The summed E-state index contributed by atoms with van der Waals surface area (Å²) in [6.45, 7) is 4.97. The Morgan fingerprint density at radius 1 is 1.10 bits per heavy atom. The van der Waals surface area contributed by atoms with Crippen LogP contribution in [0.4, 0.5) is 0 Å². The number of rotatable bonds is 6. The van der Waals surface area contributed by atoms with Gasteiger partial charge in [0.1, 0.15) is 17.6 Å². The molecule has 0 spiro atoms. The molecule has 1 aromatic carbocycles. The number of hydrogen-bond acceptors (Lipinski definition) is 4. The van der Waals surface area contributed by atoms with Crippen LogP contribution in [-0.4, -0.2) is 61.6 Å². The number of likely N-dealkylation sites (tertiary alicyclic amines) is 2. The van der Waals surface area contributed by atoms with Gasteiger partial charge in [0.25, 0.3) is 0 Å². The van der Waals surface area contributed by atoms with E-state index in [2.05, 4.69) is 26.2 Å². The molecular formula is C23H32N4O2. The van der Waals surface area contributed by atoms with Crippen molar-refractivity contribution >= 4 is 5.96 Å². The first kappa shape index (κ1) is 19.8. The summed E-state index contributed by atoms with van der Waals surface area (Å²) in [7, 11) is 1.87. The molecule has 0 radical (unpaired) electrons. The van der Waals surface area contributed by atoms with Gasteiger partial charge < -0.3 is 19.4 Å². The van der Waals surface area contributed by atoms with Crippen LogP contribution in [0.5, 0.6) is 5.75 Å². The van der Waals surface area contributed by atoms with Crippen molar-refractivity contribution in [2.75, 3.05) is 39.8 Å². The first-order valence-corrected chi connectivity index (χ1v) is 10.8. The van der Waals surface area contributed by atoms with E-state index >= 15 is 0 Å². The molecule has 0 saturated carbocycles. The van der Waals surface area contributed by atoms with Gasteiger partial charge in [0.05, 0.1) is 12.3 Å². The van der Waals surface area contributed by atoms with Gasteiger partial charge in [-0.25, -0.2) is 0 Å². The Morgan fingerprint density at radius 2 is 1.86 bits per heavy atom. The summed E-state index contributed by atoms with van der Waals surface area (Å²) >= 11 is 0. The lowest BCUT2D eigenvalue weighted by Gasteiger charge is -2.35. The van der Waals surface area contributed by atoms with Gasteiger partial charge in [0, 0.05) is 39.5 Å². The van der Waals surface area contributed by atoms with Crippen molar-refractivity contribution in [3.05, 3.63) is 54.5 Å². The fraction of sp³-hybridized carbons (Fsp3) is 0.522. The third-order valence-electron chi connectivity index (χ3n) is 5.91. The molecule has 1 atom stereocenters. The topological polar surface area (TPSA) is 53.2 Å². The third kappa shape index (κ3) is 5.12. The number of nitrogens with zero attached hydrogens (tertiary/aromatic N) is 3. The van der Waals surface area contributed by atoms with E-state index in [9.17, 15) is 0 Å². The smallest absolute Gasteiger partial charge is 0.193 e. The van der Waals surface area contributed by atoms with Crippen LogP contribution < -0.4 is 10.1 Å². The Hall–Kier alpha value is -2.47. The van der Waals surface area contributed by atoms with E-state index in [-0.39, 0.29) is 12.1 Å². The maximum Gasteiger partial charge on any atom is 0.193 e. The van der Waals surface area contributed by atoms with Crippen LogP contribution in [0.2, 0.25) is 0 Å². The zero-order valence-electron chi connectivity index (χ0n) is 17.3. The highest BCUT2D eigenvalue weighted by atomic mass is 16.5. The predicted molar refractivity (Wildman–Crippen MR) is 115 cm³/mol. The average molecular weight is 397 g/mol. The molecule has 1 unspecified atom stereocenters. The Bertz CT molecular complexity index is 748. The van der Waals surface area contributed by atoms with Gasteiger partial charge in [-0.15, -0.1) is 0 Å². The molecule has 4 rings (SSSR count). The van der Waals surface area contributed by atoms with E-state index in [0.717, 1.165) is 63.0 Å². The zero-order chi connectivity index (χ0) is 19.9. The van der Waals surface area contributed by atoms with Crippen molar-refractivity contribution in [3.63, 3.8) is 0 Å². The lowest BCUT2D eigenvalue weighted by atomic mass is 10.1. The van der Waals surface area contributed by atoms with E-state index in [1.54, 1.807) is 6.26 Å². The molecule has 0 aliphatic carbocycles. The van der Waals surface area contributed by atoms with Crippen LogP contribution in [0.25, 0.3) is 0 Å².